The molecule has 0 aliphatic heterocycles. The van der Waals surface area contributed by atoms with Crippen LogP contribution in [-0.4, -0.2) is 21.8 Å². The summed E-state index contributed by atoms with van der Waals surface area (Å²) in [6.07, 6.45) is 5.20. The normalized spacial score (nSPS) is 10.9. The maximum absolute atomic E-state index is 11.9. The number of aryl methyl sites for hydroxylation is 1. The highest BCUT2D eigenvalue weighted by atomic mass is 32.1. The van der Waals surface area contributed by atoms with Crippen LogP contribution in [0, 0.1) is 6.92 Å². The molecule has 5 heteroatoms. The summed E-state index contributed by atoms with van der Waals surface area (Å²) in [4.78, 5) is 17.4. The van der Waals surface area contributed by atoms with Gasteiger partial charge in [-0.2, -0.15) is 0 Å². The van der Waals surface area contributed by atoms with Gasteiger partial charge in [0.25, 0.3) is 0 Å². The maximum atomic E-state index is 11.9. The molecule has 0 aliphatic rings. The molecular weight excluding hydrogens is 282 g/mol. The first-order chi connectivity index (χ1) is 10.2. The van der Waals surface area contributed by atoms with Crippen molar-refractivity contribution in [1.29, 1.82) is 0 Å². The van der Waals surface area contributed by atoms with Gasteiger partial charge < -0.3 is 5.32 Å². The highest BCUT2D eigenvalue weighted by molar-refractivity contribution is 7.15. The fraction of sp³-hybridized carbons (Fsp3) is 0.250. The number of imidazole rings is 1. The Kier molecular flexibility index (Phi) is 4.01. The first-order valence-corrected chi connectivity index (χ1v) is 7.82. The van der Waals surface area contributed by atoms with Crippen molar-refractivity contribution in [3.63, 3.8) is 0 Å². The first-order valence-electron chi connectivity index (χ1n) is 6.94. The third kappa shape index (κ3) is 3.31. The lowest BCUT2D eigenvalue weighted by atomic mass is 10.1. The van der Waals surface area contributed by atoms with Crippen molar-refractivity contribution in [3.8, 4) is 0 Å². The molecule has 0 atom stereocenters. The average molecular weight is 299 g/mol. The van der Waals surface area contributed by atoms with Crippen LogP contribution in [0.25, 0.3) is 4.96 Å². The van der Waals surface area contributed by atoms with Crippen LogP contribution < -0.4 is 5.32 Å². The number of carbonyl (C=O) groups excluding carboxylic acids is 1. The van der Waals surface area contributed by atoms with Crippen LogP contribution >= 0.6 is 11.3 Å². The fourth-order valence-electron chi connectivity index (χ4n) is 2.27. The van der Waals surface area contributed by atoms with Crippen LogP contribution in [0.5, 0.6) is 0 Å². The second-order valence-electron chi connectivity index (χ2n) is 5.03. The Morgan fingerprint density at radius 2 is 2.24 bits per heavy atom. The second kappa shape index (κ2) is 6.10. The standard InChI is InChI=1S/C16H17N3OS/c1-12-4-2-3-5-13(12)10-15(20)17-7-6-14-11-19-8-9-21-16(19)18-14/h2-5,8-9,11H,6-7,10H2,1H3,(H,17,20). The summed E-state index contributed by atoms with van der Waals surface area (Å²) in [6, 6.07) is 7.98. The Morgan fingerprint density at radius 1 is 1.38 bits per heavy atom. The zero-order valence-corrected chi connectivity index (χ0v) is 12.7. The molecule has 0 bridgehead atoms. The molecule has 0 saturated heterocycles. The molecular formula is C16H17N3OS. The molecule has 0 unspecified atom stereocenters. The zero-order chi connectivity index (χ0) is 14.7. The molecule has 0 aliphatic carbocycles. The van der Waals surface area contributed by atoms with Crippen LogP contribution in [0.15, 0.2) is 42.0 Å². The van der Waals surface area contributed by atoms with Gasteiger partial charge in [-0.15, -0.1) is 11.3 Å². The van der Waals surface area contributed by atoms with E-state index in [-0.39, 0.29) is 5.91 Å². The van der Waals surface area contributed by atoms with Gasteiger partial charge in [0.05, 0.1) is 12.1 Å². The summed E-state index contributed by atoms with van der Waals surface area (Å²) in [5, 5.41) is 4.97. The molecule has 3 aromatic rings. The van der Waals surface area contributed by atoms with Gasteiger partial charge in [-0.3, -0.25) is 9.20 Å². The molecule has 1 N–H and O–H groups in total. The van der Waals surface area contributed by atoms with E-state index in [4.69, 9.17) is 0 Å². The van der Waals surface area contributed by atoms with Crippen LogP contribution in [0.4, 0.5) is 0 Å². The number of nitrogens with one attached hydrogen (secondary N) is 1. The minimum atomic E-state index is 0.0605. The topological polar surface area (TPSA) is 46.4 Å². The van der Waals surface area contributed by atoms with E-state index in [0.717, 1.165) is 28.2 Å². The van der Waals surface area contributed by atoms with E-state index >= 15 is 0 Å². The predicted molar refractivity (Wildman–Crippen MR) is 84.7 cm³/mol. The number of carbonyl (C=O) groups is 1. The number of aromatic nitrogens is 2. The number of amides is 1. The Hall–Kier alpha value is -2.14. The number of thiazole rings is 1. The molecule has 3 rings (SSSR count). The molecule has 0 radical (unpaired) electrons. The third-order valence-electron chi connectivity index (χ3n) is 3.46. The van der Waals surface area contributed by atoms with E-state index in [2.05, 4.69) is 10.3 Å². The van der Waals surface area contributed by atoms with Gasteiger partial charge in [0, 0.05) is 30.7 Å². The van der Waals surface area contributed by atoms with E-state index < -0.39 is 0 Å². The van der Waals surface area contributed by atoms with Crippen LogP contribution in [0.2, 0.25) is 0 Å². The van der Waals surface area contributed by atoms with E-state index in [0.29, 0.717) is 13.0 Å². The molecule has 21 heavy (non-hydrogen) atoms. The van der Waals surface area contributed by atoms with Gasteiger partial charge in [0.1, 0.15) is 0 Å². The Labute approximate surface area is 127 Å². The smallest absolute Gasteiger partial charge is 0.224 e. The van der Waals surface area contributed by atoms with Gasteiger partial charge in [-0.1, -0.05) is 24.3 Å². The van der Waals surface area contributed by atoms with E-state index in [9.17, 15) is 4.79 Å². The largest absolute Gasteiger partial charge is 0.355 e. The average Bonchev–Trinajstić information content (AvgIpc) is 3.02. The number of hydrogen-bond acceptors (Lipinski definition) is 3. The minimum Gasteiger partial charge on any atom is -0.355 e. The number of hydrogen-bond donors (Lipinski definition) is 1. The molecule has 108 valence electrons. The lowest BCUT2D eigenvalue weighted by molar-refractivity contribution is -0.120. The van der Waals surface area contributed by atoms with Crippen molar-refractivity contribution in [2.24, 2.45) is 0 Å². The molecule has 0 fully saturated rings. The van der Waals surface area contributed by atoms with Gasteiger partial charge in [0.15, 0.2) is 4.96 Å². The summed E-state index contributed by atoms with van der Waals surface area (Å²) in [5.74, 6) is 0.0605. The molecule has 0 spiro atoms. The van der Waals surface area contributed by atoms with Crippen LogP contribution in [0.1, 0.15) is 16.8 Å². The summed E-state index contributed by atoms with van der Waals surface area (Å²) in [5.41, 5.74) is 3.25. The molecule has 0 saturated carbocycles. The molecule has 1 amide bonds. The van der Waals surface area contributed by atoms with Crippen LogP contribution in [-0.2, 0) is 17.6 Å². The number of nitrogens with zero attached hydrogens (tertiary/aromatic N) is 2. The summed E-state index contributed by atoms with van der Waals surface area (Å²) in [7, 11) is 0. The molecule has 1 aromatic carbocycles. The van der Waals surface area contributed by atoms with Crippen molar-refractivity contribution in [2.45, 2.75) is 19.8 Å². The number of benzene rings is 1. The maximum Gasteiger partial charge on any atom is 0.224 e. The van der Waals surface area contributed by atoms with Crippen molar-refractivity contribution >= 4 is 22.2 Å². The van der Waals surface area contributed by atoms with Gasteiger partial charge >= 0.3 is 0 Å². The Bertz CT molecular complexity index is 731. The monoisotopic (exact) mass is 299 g/mol. The Morgan fingerprint density at radius 3 is 3.05 bits per heavy atom. The van der Waals surface area contributed by atoms with E-state index in [1.54, 1.807) is 11.3 Å². The number of rotatable bonds is 5. The Balaban J connectivity index is 1.50. The summed E-state index contributed by atoms with van der Waals surface area (Å²) < 4.78 is 2.01. The van der Waals surface area contributed by atoms with Gasteiger partial charge in [-0.05, 0) is 18.1 Å². The highest BCUT2D eigenvalue weighted by Crippen LogP contribution is 2.11. The highest BCUT2D eigenvalue weighted by Gasteiger charge is 2.06. The SMILES string of the molecule is Cc1ccccc1CC(=O)NCCc1cn2ccsc2n1. The quantitative estimate of drug-likeness (QED) is 0.787. The van der Waals surface area contributed by atoms with Crippen LogP contribution in [0.3, 0.4) is 0 Å². The van der Waals surface area contributed by atoms with E-state index in [1.807, 2.05) is 53.4 Å². The number of fused-ring (bicyclic) bond motifs is 1. The fourth-order valence-corrected chi connectivity index (χ4v) is 2.99. The predicted octanol–water partition coefficient (Wildman–Crippen LogP) is 2.61. The van der Waals surface area contributed by atoms with Crippen molar-refractivity contribution in [1.82, 2.24) is 14.7 Å². The van der Waals surface area contributed by atoms with Crippen molar-refractivity contribution < 1.29 is 4.79 Å². The first kappa shape index (κ1) is 13.8. The lowest BCUT2D eigenvalue weighted by Crippen LogP contribution is -2.27. The third-order valence-corrected chi connectivity index (χ3v) is 4.23. The van der Waals surface area contributed by atoms with Gasteiger partial charge in [0.2, 0.25) is 5.91 Å². The lowest BCUT2D eigenvalue weighted by Gasteiger charge is -2.06. The molecule has 2 heterocycles. The second-order valence-corrected chi connectivity index (χ2v) is 5.90. The molecule has 2 aromatic heterocycles. The minimum absolute atomic E-state index is 0.0605. The summed E-state index contributed by atoms with van der Waals surface area (Å²) in [6.45, 7) is 2.65. The summed E-state index contributed by atoms with van der Waals surface area (Å²) >= 11 is 1.62. The molecule has 4 nitrogen and oxygen atoms in total. The van der Waals surface area contributed by atoms with E-state index in [1.165, 1.54) is 0 Å². The van der Waals surface area contributed by atoms with Crippen molar-refractivity contribution in [3.05, 3.63) is 58.9 Å². The zero-order valence-electron chi connectivity index (χ0n) is 11.9. The van der Waals surface area contributed by atoms with Gasteiger partial charge in [-0.25, -0.2) is 4.98 Å². The van der Waals surface area contributed by atoms with Crippen molar-refractivity contribution in [2.75, 3.05) is 6.54 Å².